The summed E-state index contributed by atoms with van der Waals surface area (Å²) in [6.07, 6.45) is 0.557. The van der Waals surface area contributed by atoms with Crippen LogP contribution in [0.5, 0.6) is 0 Å². The van der Waals surface area contributed by atoms with Crippen molar-refractivity contribution in [3.05, 3.63) is 40.2 Å². The van der Waals surface area contributed by atoms with Crippen LogP contribution in [0, 0.1) is 0 Å². The predicted molar refractivity (Wildman–Crippen MR) is 95.1 cm³/mol. The number of aromatic nitrogens is 1. The number of ether oxygens (including phenoxy) is 1. The van der Waals surface area contributed by atoms with Gasteiger partial charge in [0.25, 0.3) is 0 Å². The molecule has 3 rings (SSSR count). The Kier molecular flexibility index (Phi) is 5.33. The Morgan fingerprint density at radius 2 is 1.96 bits per heavy atom. The van der Waals surface area contributed by atoms with Gasteiger partial charge in [-0.3, -0.25) is 0 Å². The second-order valence-electron chi connectivity index (χ2n) is 5.86. The Morgan fingerprint density at radius 3 is 2.56 bits per heavy atom. The van der Waals surface area contributed by atoms with Gasteiger partial charge in [-0.2, -0.15) is 0 Å². The Bertz CT molecular complexity index is 752. The Hall–Kier alpha value is -2.41. The number of amides is 1. The molecule has 1 fully saturated rings. The van der Waals surface area contributed by atoms with E-state index >= 15 is 0 Å². The number of hydrogen-bond acceptors (Lipinski definition) is 5. The maximum atomic E-state index is 12.3. The molecule has 0 aliphatic carbocycles. The number of likely N-dealkylation sites (tertiary alicyclic amines) is 1. The highest BCUT2D eigenvalue weighted by Crippen LogP contribution is 2.36. The number of rotatable bonds is 4. The molecule has 7 heteroatoms. The van der Waals surface area contributed by atoms with Gasteiger partial charge >= 0.3 is 12.1 Å². The summed E-state index contributed by atoms with van der Waals surface area (Å²) >= 11 is 1.37. The van der Waals surface area contributed by atoms with Crippen LogP contribution in [-0.2, 0) is 4.74 Å². The van der Waals surface area contributed by atoms with E-state index in [1.165, 1.54) is 16.2 Å². The van der Waals surface area contributed by atoms with Crippen molar-refractivity contribution < 1.29 is 19.4 Å². The fourth-order valence-corrected chi connectivity index (χ4v) is 4.11. The van der Waals surface area contributed by atoms with Crippen molar-refractivity contribution in [3.63, 3.8) is 0 Å². The lowest BCUT2D eigenvalue weighted by Gasteiger charge is -2.28. The first kappa shape index (κ1) is 17.4. The number of benzene rings is 1. The van der Waals surface area contributed by atoms with Gasteiger partial charge in [-0.1, -0.05) is 30.3 Å². The van der Waals surface area contributed by atoms with Crippen molar-refractivity contribution in [2.24, 2.45) is 0 Å². The van der Waals surface area contributed by atoms with Gasteiger partial charge in [0, 0.05) is 24.6 Å². The molecule has 2 aromatic rings. The van der Waals surface area contributed by atoms with Crippen LogP contribution in [0.4, 0.5) is 4.79 Å². The number of nitrogens with zero attached hydrogens (tertiary/aromatic N) is 2. The lowest BCUT2D eigenvalue weighted by atomic mass is 9.98. The lowest BCUT2D eigenvalue weighted by Crippen LogP contribution is -2.36. The normalized spacial score (nSPS) is 15.2. The summed E-state index contributed by atoms with van der Waals surface area (Å²) in [5.41, 5.74) is 1.54. The van der Waals surface area contributed by atoms with Gasteiger partial charge < -0.3 is 14.7 Å². The molecular formula is C18H20N2O4S. The van der Waals surface area contributed by atoms with E-state index in [0.717, 1.165) is 23.4 Å². The standard InChI is InChI=1S/C18H20N2O4S/c1-2-24-17(21)15-14(12-6-4-3-5-7-12)19-16(25-15)13-8-10-20(11-9-13)18(22)23/h3-7,13H,2,8-11H2,1H3,(H,22,23). The van der Waals surface area contributed by atoms with Crippen LogP contribution < -0.4 is 0 Å². The summed E-state index contributed by atoms with van der Waals surface area (Å²) in [5, 5.41) is 9.96. The van der Waals surface area contributed by atoms with Crippen molar-refractivity contribution in [1.82, 2.24) is 9.88 Å². The number of piperidine rings is 1. The number of hydrogen-bond donors (Lipinski definition) is 1. The van der Waals surface area contributed by atoms with Gasteiger partial charge in [-0.15, -0.1) is 11.3 Å². The van der Waals surface area contributed by atoms with Gasteiger partial charge in [-0.25, -0.2) is 14.6 Å². The summed E-state index contributed by atoms with van der Waals surface area (Å²) in [5.74, 6) is -0.181. The van der Waals surface area contributed by atoms with Gasteiger partial charge in [0.15, 0.2) is 0 Å². The van der Waals surface area contributed by atoms with Crippen molar-refractivity contribution >= 4 is 23.4 Å². The summed E-state index contributed by atoms with van der Waals surface area (Å²) in [7, 11) is 0. The Balaban J connectivity index is 1.89. The Labute approximate surface area is 150 Å². The lowest BCUT2D eigenvalue weighted by molar-refractivity contribution is 0.0532. The topological polar surface area (TPSA) is 79.7 Å². The van der Waals surface area contributed by atoms with E-state index in [9.17, 15) is 9.59 Å². The molecule has 2 heterocycles. The molecular weight excluding hydrogens is 340 g/mol. The first-order chi connectivity index (χ1) is 12.1. The minimum Gasteiger partial charge on any atom is -0.465 e. The summed E-state index contributed by atoms with van der Waals surface area (Å²) in [6, 6.07) is 9.59. The maximum absolute atomic E-state index is 12.3. The highest BCUT2D eigenvalue weighted by Gasteiger charge is 2.28. The second kappa shape index (κ2) is 7.65. The van der Waals surface area contributed by atoms with E-state index in [1.807, 2.05) is 30.3 Å². The first-order valence-corrected chi connectivity index (χ1v) is 9.13. The molecule has 0 radical (unpaired) electrons. The third kappa shape index (κ3) is 3.82. The smallest absolute Gasteiger partial charge is 0.407 e. The summed E-state index contributed by atoms with van der Waals surface area (Å²) < 4.78 is 5.18. The van der Waals surface area contributed by atoms with E-state index < -0.39 is 6.09 Å². The molecule has 0 bridgehead atoms. The van der Waals surface area contributed by atoms with Gasteiger partial charge in [0.1, 0.15) is 4.88 Å². The molecule has 1 aliphatic rings. The van der Waals surface area contributed by atoms with E-state index in [1.54, 1.807) is 6.92 Å². The molecule has 0 saturated carbocycles. The molecule has 1 saturated heterocycles. The second-order valence-corrected chi connectivity index (χ2v) is 6.89. The molecule has 1 amide bonds. The van der Waals surface area contributed by atoms with Crippen LogP contribution in [0.15, 0.2) is 30.3 Å². The molecule has 0 spiro atoms. The molecule has 0 atom stereocenters. The van der Waals surface area contributed by atoms with E-state index in [2.05, 4.69) is 0 Å². The largest absolute Gasteiger partial charge is 0.465 e. The maximum Gasteiger partial charge on any atom is 0.407 e. The van der Waals surface area contributed by atoms with E-state index in [4.69, 9.17) is 14.8 Å². The molecule has 6 nitrogen and oxygen atoms in total. The van der Waals surface area contributed by atoms with Gasteiger partial charge in [0.2, 0.25) is 0 Å². The zero-order valence-corrected chi connectivity index (χ0v) is 14.8. The SMILES string of the molecule is CCOC(=O)c1sc(C2CCN(C(=O)O)CC2)nc1-c1ccccc1. The summed E-state index contributed by atoms with van der Waals surface area (Å²) in [6.45, 7) is 3.09. The third-order valence-corrected chi connectivity index (χ3v) is 5.46. The van der Waals surface area contributed by atoms with Gasteiger partial charge in [-0.05, 0) is 19.8 Å². The molecule has 1 aromatic carbocycles. The number of esters is 1. The van der Waals surface area contributed by atoms with Crippen LogP contribution >= 0.6 is 11.3 Å². The van der Waals surface area contributed by atoms with Crippen LogP contribution in [0.2, 0.25) is 0 Å². The third-order valence-electron chi connectivity index (χ3n) is 4.27. The Morgan fingerprint density at radius 1 is 1.28 bits per heavy atom. The molecule has 1 aromatic heterocycles. The minimum absolute atomic E-state index is 0.172. The van der Waals surface area contributed by atoms with Crippen LogP contribution in [0.1, 0.15) is 40.4 Å². The first-order valence-electron chi connectivity index (χ1n) is 8.31. The van der Waals surface area contributed by atoms with Crippen molar-refractivity contribution in [2.75, 3.05) is 19.7 Å². The molecule has 132 valence electrons. The van der Waals surface area contributed by atoms with Crippen molar-refractivity contribution in [1.29, 1.82) is 0 Å². The van der Waals surface area contributed by atoms with Gasteiger partial charge in [0.05, 0.1) is 17.3 Å². The van der Waals surface area contributed by atoms with Crippen molar-refractivity contribution in [2.45, 2.75) is 25.7 Å². The average molecular weight is 360 g/mol. The highest BCUT2D eigenvalue weighted by atomic mass is 32.1. The molecule has 25 heavy (non-hydrogen) atoms. The van der Waals surface area contributed by atoms with E-state index in [-0.39, 0.29) is 11.9 Å². The monoisotopic (exact) mass is 360 g/mol. The number of carboxylic acid groups (broad SMARTS) is 1. The van der Waals surface area contributed by atoms with Crippen LogP contribution in [-0.4, -0.2) is 46.7 Å². The molecule has 1 N–H and O–H groups in total. The summed E-state index contributed by atoms with van der Waals surface area (Å²) in [4.78, 5) is 30.1. The van der Waals surface area contributed by atoms with Crippen LogP contribution in [0.25, 0.3) is 11.3 Å². The molecule has 1 aliphatic heterocycles. The average Bonchev–Trinajstić information content (AvgIpc) is 3.08. The van der Waals surface area contributed by atoms with Crippen LogP contribution in [0.3, 0.4) is 0 Å². The number of carbonyl (C=O) groups is 2. The fraction of sp³-hybridized carbons (Fsp3) is 0.389. The quantitative estimate of drug-likeness (QED) is 0.838. The number of carbonyl (C=O) groups excluding carboxylic acids is 1. The van der Waals surface area contributed by atoms with E-state index in [0.29, 0.717) is 30.3 Å². The molecule has 0 unspecified atom stereocenters. The number of thiazole rings is 1. The zero-order valence-electron chi connectivity index (χ0n) is 14.0. The minimum atomic E-state index is -0.880. The highest BCUT2D eigenvalue weighted by molar-refractivity contribution is 7.14. The fourth-order valence-electron chi connectivity index (χ4n) is 2.96. The zero-order chi connectivity index (χ0) is 17.8. The van der Waals surface area contributed by atoms with Crippen molar-refractivity contribution in [3.8, 4) is 11.3 Å². The predicted octanol–water partition coefficient (Wildman–Crippen LogP) is 3.84.